The van der Waals surface area contributed by atoms with Crippen LogP contribution in [0.25, 0.3) is 17.1 Å². The fourth-order valence-corrected chi connectivity index (χ4v) is 1.59. The van der Waals surface area contributed by atoms with Gasteiger partial charge in [-0.3, -0.25) is 5.43 Å². The molecule has 3 rings (SSSR count). The van der Waals surface area contributed by atoms with Gasteiger partial charge in [0.25, 0.3) is 0 Å². The molecule has 76 valence electrons. The third kappa shape index (κ3) is 1.17. The van der Waals surface area contributed by atoms with Crippen molar-refractivity contribution < 1.29 is 0 Å². The van der Waals surface area contributed by atoms with Crippen LogP contribution in [0.5, 0.6) is 0 Å². The molecule has 0 bridgehead atoms. The van der Waals surface area contributed by atoms with Gasteiger partial charge in [-0.05, 0) is 24.1 Å². The molecule has 2 aromatic rings. The lowest BCUT2D eigenvalue weighted by Crippen LogP contribution is -1.95. The minimum atomic E-state index is 0.549. The number of hydrogen-bond donors (Lipinski definition) is 2. The van der Waals surface area contributed by atoms with Crippen LogP contribution in [0.15, 0.2) is 23.3 Å². The van der Waals surface area contributed by atoms with Gasteiger partial charge in [-0.1, -0.05) is 6.07 Å². The summed E-state index contributed by atoms with van der Waals surface area (Å²) in [6, 6.07) is 3.84. The van der Waals surface area contributed by atoms with Gasteiger partial charge in [0.2, 0.25) is 0 Å². The fraction of sp³-hybridized carbons (Fsp3) is 0. The highest BCUT2D eigenvalue weighted by atomic mass is 15.3. The Morgan fingerprint density at radius 2 is 2.12 bits per heavy atom. The number of hydrazone groups is 1. The van der Waals surface area contributed by atoms with Crippen molar-refractivity contribution in [1.82, 2.24) is 15.4 Å². The lowest BCUT2D eigenvalue weighted by Gasteiger charge is -2.02. The minimum absolute atomic E-state index is 0.549. The summed E-state index contributed by atoms with van der Waals surface area (Å²) < 4.78 is 0. The monoisotopic (exact) mass is 209 g/mol. The molecule has 0 radical (unpaired) electrons. The highest BCUT2D eigenvalue weighted by Gasteiger charge is 2.10. The maximum absolute atomic E-state index is 5.29. The van der Waals surface area contributed by atoms with Gasteiger partial charge in [-0.2, -0.15) is 20.5 Å². The molecule has 0 fully saturated rings. The number of aromatic amines is 1. The molecule has 0 unspecified atom stereocenters. The zero-order chi connectivity index (χ0) is 11.0. The van der Waals surface area contributed by atoms with E-state index in [1.54, 1.807) is 6.08 Å². The first-order chi connectivity index (χ1) is 7.88. The largest absolute Gasteiger partial charge is 0.274 e. The molecule has 1 aromatic heterocycles. The number of aromatic nitrogens is 3. The second kappa shape index (κ2) is 3.21. The van der Waals surface area contributed by atoms with Crippen LogP contribution in [0.4, 0.5) is 5.69 Å². The topological polar surface area (TPSA) is 66.0 Å². The van der Waals surface area contributed by atoms with Crippen molar-refractivity contribution in [2.45, 2.75) is 0 Å². The van der Waals surface area contributed by atoms with E-state index in [4.69, 9.17) is 6.42 Å². The summed E-state index contributed by atoms with van der Waals surface area (Å²) in [7, 11) is 0. The lowest BCUT2D eigenvalue weighted by atomic mass is 10.1. The number of terminal acetylenes is 1. The molecule has 0 aliphatic carbocycles. The predicted octanol–water partition coefficient (Wildman–Crippen LogP) is 1.39. The van der Waals surface area contributed by atoms with E-state index in [1.807, 2.05) is 18.2 Å². The molecule has 1 aliphatic rings. The lowest BCUT2D eigenvalue weighted by molar-refractivity contribution is 0.959. The van der Waals surface area contributed by atoms with E-state index in [2.05, 4.69) is 31.9 Å². The summed E-state index contributed by atoms with van der Waals surface area (Å²) >= 11 is 0. The summed E-state index contributed by atoms with van der Waals surface area (Å²) in [5.41, 5.74) is 6.80. The minimum Gasteiger partial charge on any atom is -0.274 e. The van der Waals surface area contributed by atoms with Crippen molar-refractivity contribution in [3.8, 4) is 12.3 Å². The number of nitrogens with zero attached hydrogens (tertiary/aromatic N) is 3. The van der Waals surface area contributed by atoms with Crippen LogP contribution >= 0.6 is 0 Å². The first-order valence-electron chi connectivity index (χ1n) is 4.70. The van der Waals surface area contributed by atoms with Crippen molar-refractivity contribution in [3.63, 3.8) is 0 Å². The fourth-order valence-electron chi connectivity index (χ4n) is 1.59. The van der Waals surface area contributed by atoms with Gasteiger partial charge in [0.15, 0.2) is 0 Å². The third-order valence-electron chi connectivity index (χ3n) is 2.38. The van der Waals surface area contributed by atoms with Crippen molar-refractivity contribution in [3.05, 3.63) is 23.8 Å². The summed E-state index contributed by atoms with van der Waals surface area (Å²) in [5, 5.41) is 14.7. The number of fused-ring (bicyclic) bond motifs is 3. The normalized spacial score (nSPS) is 13.6. The number of H-pyrrole nitrogens is 1. The van der Waals surface area contributed by atoms with E-state index < -0.39 is 0 Å². The zero-order valence-electron chi connectivity index (χ0n) is 8.23. The number of nitrogens with one attached hydrogen (secondary N) is 2. The van der Waals surface area contributed by atoms with Crippen molar-refractivity contribution in [2.75, 3.05) is 5.43 Å². The average molecular weight is 209 g/mol. The first kappa shape index (κ1) is 8.68. The third-order valence-corrected chi connectivity index (χ3v) is 2.38. The molecule has 0 saturated heterocycles. The van der Waals surface area contributed by atoms with Gasteiger partial charge >= 0.3 is 0 Å². The standard InChI is InChI=1S/C11H7N5/c1-2-8-5-3-7-4-6-9-11(15-16-13-9)10(7)14-12-8/h1,3-6,14H,(H,13,15,16). The molecule has 1 aliphatic heterocycles. The molecular weight excluding hydrogens is 202 g/mol. The van der Waals surface area contributed by atoms with Crippen LogP contribution in [-0.2, 0) is 0 Å². The van der Waals surface area contributed by atoms with E-state index >= 15 is 0 Å². The molecule has 0 saturated carbocycles. The highest BCUT2D eigenvalue weighted by molar-refractivity contribution is 6.12. The van der Waals surface area contributed by atoms with E-state index in [0.29, 0.717) is 5.71 Å². The molecule has 5 heteroatoms. The van der Waals surface area contributed by atoms with Crippen LogP contribution in [-0.4, -0.2) is 21.1 Å². The second-order valence-corrected chi connectivity index (χ2v) is 3.31. The molecular formula is C11H7N5. The van der Waals surface area contributed by atoms with Gasteiger partial charge in [0, 0.05) is 5.56 Å². The quantitative estimate of drug-likeness (QED) is 0.644. The van der Waals surface area contributed by atoms with Crippen LogP contribution in [0.3, 0.4) is 0 Å². The molecule has 5 nitrogen and oxygen atoms in total. The maximum atomic E-state index is 5.29. The Morgan fingerprint density at radius 1 is 1.19 bits per heavy atom. The second-order valence-electron chi connectivity index (χ2n) is 3.31. The van der Waals surface area contributed by atoms with Crippen LogP contribution < -0.4 is 5.43 Å². The Morgan fingerprint density at radius 3 is 3.00 bits per heavy atom. The van der Waals surface area contributed by atoms with Gasteiger partial charge < -0.3 is 0 Å². The van der Waals surface area contributed by atoms with Crippen molar-refractivity contribution in [1.29, 1.82) is 0 Å². The molecule has 0 amide bonds. The predicted molar refractivity (Wildman–Crippen MR) is 62.8 cm³/mol. The summed E-state index contributed by atoms with van der Waals surface area (Å²) in [6.45, 7) is 0. The Kier molecular flexibility index (Phi) is 1.74. The first-order valence-corrected chi connectivity index (χ1v) is 4.70. The molecule has 16 heavy (non-hydrogen) atoms. The number of allylic oxidation sites excluding steroid dienone is 1. The number of benzene rings is 1. The molecule has 0 spiro atoms. The highest BCUT2D eigenvalue weighted by Crippen LogP contribution is 2.26. The Bertz CT molecular complexity index is 657. The summed E-state index contributed by atoms with van der Waals surface area (Å²) in [4.78, 5) is 0. The van der Waals surface area contributed by atoms with Gasteiger partial charge in [0.1, 0.15) is 16.7 Å². The van der Waals surface area contributed by atoms with Gasteiger partial charge in [-0.15, -0.1) is 6.42 Å². The SMILES string of the molecule is C#CC1=NNc2c(ccc3n[nH]nc23)C=C1. The van der Waals surface area contributed by atoms with E-state index in [0.717, 1.165) is 22.3 Å². The molecule has 0 atom stereocenters. The Hall–Kier alpha value is -2.61. The Labute approximate surface area is 91.2 Å². The van der Waals surface area contributed by atoms with Crippen LogP contribution in [0.2, 0.25) is 0 Å². The molecule has 1 aromatic carbocycles. The van der Waals surface area contributed by atoms with E-state index in [1.165, 1.54) is 0 Å². The van der Waals surface area contributed by atoms with Crippen LogP contribution in [0, 0.1) is 12.3 Å². The van der Waals surface area contributed by atoms with Crippen molar-refractivity contribution >= 4 is 28.5 Å². The van der Waals surface area contributed by atoms with Crippen molar-refractivity contribution in [2.24, 2.45) is 5.10 Å². The van der Waals surface area contributed by atoms with Crippen LogP contribution in [0.1, 0.15) is 5.56 Å². The van der Waals surface area contributed by atoms with E-state index in [-0.39, 0.29) is 0 Å². The maximum Gasteiger partial charge on any atom is 0.138 e. The van der Waals surface area contributed by atoms with Gasteiger partial charge in [0.05, 0.1) is 5.69 Å². The average Bonchev–Trinajstić information content (AvgIpc) is 2.69. The van der Waals surface area contributed by atoms with E-state index in [9.17, 15) is 0 Å². The zero-order valence-corrected chi connectivity index (χ0v) is 8.23. The van der Waals surface area contributed by atoms with Gasteiger partial charge in [-0.25, -0.2) is 0 Å². The number of anilines is 1. The summed E-state index contributed by atoms with van der Waals surface area (Å²) in [6.07, 6.45) is 8.98. The number of hydrogen-bond acceptors (Lipinski definition) is 4. The Balaban J connectivity index is 2.26. The molecule has 2 heterocycles. The number of rotatable bonds is 0. The molecule has 2 N–H and O–H groups in total. The smallest absolute Gasteiger partial charge is 0.138 e. The summed E-state index contributed by atoms with van der Waals surface area (Å²) in [5.74, 6) is 2.48.